The lowest BCUT2D eigenvalue weighted by molar-refractivity contribution is -0.139. The maximum absolute atomic E-state index is 11.2. The van der Waals surface area contributed by atoms with E-state index >= 15 is 0 Å². The minimum atomic E-state index is -0.233. The van der Waals surface area contributed by atoms with Crippen LogP contribution >= 0.6 is 11.8 Å². The van der Waals surface area contributed by atoms with Gasteiger partial charge in [0.1, 0.15) is 5.82 Å². The maximum Gasteiger partial charge on any atom is 0.316 e. The molecule has 0 aliphatic heterocycles. The average molecular weight is 255 g/mol. The largest absolute Gasteiger partial charge is 0.465 e. The van der Waals surface area contributed by atoms with Crippen LogP contribution in [0, 0.1) is 0 Å². The van der Waals surface area contributed by atoms with Crippen LogP contribution in [0.2, 0.25) is 0 Å². The van der Waals surface area contributed by atoms with E-state index in [2.05, 4.69) is 16.8 Å². The van der Waals surface area contributed by atoms with E-state index in [0.29, 0.717) is 13.2 Å². The maximum atomic E-state index is 11.2. The van der Waals surface area contributed by atoms with Crippen LogP contribution < -0.4 is 0 Å². The first-order chi connectivity index (χ1) is 8.22. The van der Waals surface area contributed by atoms with Gasteiger partial charge in [0.15, 0.2) is 5.16 Å². The molecule has 0 fully saturated rings. The summed E-state index contributed by atoms with van der Waals surface area (Å²) in [4.78, 5) is 11.2. The molecule has 17 heavy (non-hydrogen) atoms. The van der Waals surface area contributed by atoms with Gasteiger partial charge in [0.2, 0.25) is 0 Å². The number of carbonyl (C=O) groups excluding carboxylic acids is 1. The van der Waals surface area contributed by atoms with Crippen LogP contribution in [0.25, 0.3) is 0 Å². The van der Waals surface area contributed by atoms with Crippen LogP contribution in [0.1, 0.15) is 19.7 Å². The molecule has 0 aliphatic rings. The fourth-order valence-electron chi connectivity index (χ4n) is 1.33. The van der Waals surface area contributed by atoms with Crippen LogP contribution in [0.3, 0.4) is 0 Å². The van der Waals surface area contributed by atoms with Crippen molar-refractivity contribution in [2.75, 3.05) is 12.4 Å². The number of nitrogens with zero attached hydrogens (tertiary/aromatic N) is 3. The average Bonchev–Trinajstić information content (AvgIpc) is 2.70. The number of hydrogen-bond donors (Lipinski definition) is 0. The molecule has 1 aromatic heterocycles. The molecule has 1 rings (SSSR count). The molecule has 0 unspecified atom stereocenters. The predicted octanol–water partition coefficient (Wildman–Crippen LogP) is 1.68. The summed E-state index contributed by atoms with van der Waals surface area (Å²) in [7, 11) is 0. The lowest BCUT2D eigenvalue weighted by Crippen LogP contribution is -2.08. The van der Waals surface area contributed by atoms with Gasteiger partial charge < -0.3 is 9.30 Å². The molecule has 0 N–H and O–H groups in total. The number of aryl methyl sites for hydroxylation is 1. The van der Waals surface area contributed by atoms with E-state index in [1.807, 2.05) is 11.5 Å². The molecule has 1 aromatic rings. The Kier molecular flexibility index (Phi) is 5.76. The lowest BCUT2D eigenvalue weighted by atomic mass is 10.4. The first-order valence-electron chi connectivity index (χ1n) is 5.54. The second-order valence-corrected chi connectivity index (χ2v) is 4.19. The molecule has 0 atom stereocenters. The molecule has 94 valence electrons. The van der Waals surface area contributed by atoms with Crippen molar-refractivity contribution in [2.24, 2.45) is 0 Å². The number of aromatic nitrogens is 3. The van der Waals surface area contributed by atoms with Gasteiger partial charge in [-0.25, -0.2) is 0 Å². The zero-order chi connectivity index (χ0) is 12.7. The third-order valence-electron chi connectivity index (χ3n) is 2.05. The highest BCUT2D eigenvalue weighted by molar-refractivity contribution is 7.99. The summed E-state index contributed by atoms with van der Waals surface area (Å²) >= 11 is 1.34. The van der Waals surface area contributed by atoms with Gasteiger partial charge in [-0.3, -0.25) is 4.79 Å². The molecular formula is C11H17N3O2S. The van der Waals surface area contributed by atoms with E-state index < -0.39 is 0 Å². The Morgan fingerprint density at radius 2 is 2.29 bits per heavy atom. The monoisotopic (exact) mass is 255 g/mol. The number of rotatable bonds is 7. The molecule has 0 radical (unpaired) electrons. The van der Waals surface area contributed by atoms with Gasteiger partial charge in [0.05, 0.1) is 12.4 Å². The number of ether oxygens (including phenoxy) is 1. The molecule has 0 aliphatic carbocycles. The quantitative estimate of drug-likeness (QED) is 0.421. The second kappa shape index (κ2) is 7.11. The highest BCUT2D eigenvalue weighted by Gasteiger charge is 2.12. The van der Waals surface area contributed by atoms with E-state index in [4.69, 9.17) is 4.74 Å². The summed E-state index contributed by atoms with van der Waals surface area (Å²) < 4.78 is 6.81. The van der Waals surface area contributed by atoms with Gasteiger partial charge in [-0.15, -0.1) is 16.8 Å². The fraction of sp³-hybridized carbons (Fsp3) is 0.545. The third kappa shape index (κ3) is 3.89. The molecule has 0 aromatic carbocycles. The molecular weight excluding hydrogens is 238 g/mol. The zero-order valence-electron chi connectivity index (χ0n) is 10.2. The summed E-state index contributed by atoms with van der Waals surface area (Å²) in [6, 6.07) is 0. The minimum Gasteiger partial charge on any atom is -0.465 e. The summed E-state index contributed by atoms with van der Waals surface area (Å²) in [5.41, 5.74) is 0. The predicted molar refractivity (Wildman–Crippen MR) is 67.0 cm³/mol. The van der Waals surface area contributed by atoms with Crippen molar-refractivity contribution in [1.29, 1.82) is 0 Å². The summed E-state index contributed by atoms with van der Waals surface area (Å²) in [5.74, 6) is 0.923. The normalized spacial score (nSPS) is 10.2. The van der Waals surface area contributed by atoms with Crippen molar-refractivity contribution < 1.29 is 9.53 Å². The van der Waals surface area contributed by atoms with Crippen LogP contribution in [0.4, 0.5) is 0 Å². The molecule has 1 heterocycles. The molecule has 5 nitrogen and oxygen atoms in total. The van der Waals surface area contributed by atoms with Crippen LogP contribution in [0.15, 0.2) is 17.8 Å². The van der Waals surface area contributed by atoms with Gasteiger partial charge in [-0.05, 0) is 6.92 Å². The number of carbonyl (C=O) groups is 1. The highest BCUT2D eigenvalue weighted by Crippen LogP contribution is 2.17. The Hall–Kier alpha value is -1.30. The van der Waals surface area contributed by atoms with E-state index in [9.17, 15) is 4.79 Å². The van der Waals surface area contributed by atoms with Crippen molar-refractivity contribution in [1.82, 2.24) is 14.8 Å². The Morgan fingerprint density at radius 3 is 2.88 bits per heavy atom. The van der Waals surface area contributed by atoms with Gasteiger partial charge >= 0.3 is 5.97 Å². The molecule has 0 amide bonds. The smallest absolute Gasteiger partial charge is 0.316 e. The number of hydrogen-bond acceptors (Lipinski definition) is 5. The van der Waals surface area contributed by atoms with Gasteiger partial charge in [-0.1, -0.05) is 24.8 Å². The Morgan fingerprint density at radius 1 is 1.53 bits per heavy atom. The minimum absolute atomic E-state index is 0.233. The Bertz CT molecular complexity index is 390. The number of esters is 1. The molecule has 0 saturated heterocycles. The Labute approximate surface area is 105 Å². The summed E-state index contributed by atoms with van der Waals surface area (Å²) in [6.45, 7) is 8.56. The van der Waals surface area contributed by atoms with Crippen LogP contribution in [-0.2, 0) is 22.5 Å². The van der Waals surface area contributed by atoms with E-state index in [0.717, 1.165) is 17.4 Å². The van der Waals surface area contributed by atoms with Gasteiger partial charge in [0, 0.05) is 13.0 Å². The lowest BCUT2D eigenvalue weighted by Gasteiger charge is -2.05. The van der Waals surface area contributed by atoms with E-state index in [1.54, 1.807) is 13.0 Å². The summed E-state index contributed by atoms with van der Waals surface area (Å²) in [5, 5.41) is 8.86. The standard InChI is InChI=1S/C11H17N3O2S/c1-4-7-14-9(5-2)12-13-11(14)17-8-10(15)16-6-3/h4H,1,5-8H2,2-3H3. The molecule has 0 spiro atoms. The van der Waals surface area contributed by atoms with E-state index in [-0.39, 0.29) is 11.7 Å². The number of thioether (sulfide) groups is 1. The highest BCUT2D eigenvalue weighted by atomic mass is 32.2. The van der Waals surface area contributed by atoms with Gasteiger partial charge in [0.25, 0.3) is 0 Å². The first kappa shape index (κ1) is 13.8. The van der Waals surface area contributed by atoms with E-state index in [1.165, 1.54) is 11.8 Å². The first-order valence-corrected chi connectivity index (χ1v) is 6.52. The van der Waals surface area contributed by atoms with Crippen LogP contribution in [0.5, 0.6) is 0 Å². The SMILES string of the molecule is C=CCn1c(CC)nnc1SCC(=O)OCC. The summed E-state index contributed by atoms with van der Waals surface area (Å²) in [6.07, 6.45) is 2.59. The van der Waals surface area contributed by atoms with Gasteiger partial charge in [-0.2, -0.15) is 0 Å². The molecule has 6 heteroatoms. The topological polar surface area (TPSA) is 57.0 Å². The fourth-order valence-corrected chi connectivity index (χ4v) is 2.09. The van der Waals surface area contributed by atoms with Crippen molar-refractivity contribution >= 4 is 17.7 Å². The van der Waals surface area contributed by atoms with Crippen molar-refractivity contribution in [3.05, 3.63) is 18.5 Å². The van der Waals surface area contributed by atoms with Crippen molar-refractivity contribution in [3.8, 4) is 0 Å². The Balaban J connectivity index is 2.66. The second-order valence-electron chi connectivity index (χ2n) is 3.25. The van der Waals surface area contributed by atoms with Crippen molar-refractivity contribution in [2.45, 2.75) is 32.0 Å². The zero-order valence-corrected chi connectivity index (χ0v) is 11.0. The molecule has 0 saturated carbocycles. The third-order valence-corrected chi connectivity index (χ3v) is 2.99. The van der Waals surface area contributed by atoms with Crippen LogP contribution in [-0.4, -0.2) is 33.1 Å². The number of allylic oxidation sites excluding steroid dienone is 1. The van der Waals surface area contributed by atoms with Crippen molar-refractivity contribution in [3.63, 3.8) is 0 Å². The molecule has 0 bridgehead atoms.